The van der Waals surface area contributed by atoms with Gasteiger partial charge >= 0.3 is 0 Å². The number of benzene rings is 1. The summed E-state index contributed by atoms with van der Waals surface area (Å²) in [5, 5.41) is 9.67. The molecule has 1 aliphatic rings. The van der Waals surface area contributed by atoms with Crippen LogP contribution in [0.3, 0.4) is 0 Å². The van der Waals surface area contributed by atoms with Gasteiger partial charge in [0.2, 0.25) is 0 Å². The van der Waals surface area contributed by atoms with Gasteiger partial charge in [-0.2, -0.15) is 0 Å². The minimum Gasteiger partial charge on any atom is -0.504 e. The second-order valence-electron chi connectivity index (χ2n) is 4.54. The van der Waals surface area contributed by atoms with E-state index in [1.807, 2.05) is 0 Å². The number of ether oxygens (including phenoxy) is 1. The number of piperidine rings is 1. The Hall–Kier alpha value is -1.75. The molecule has 0 radical (unpaired) electrons. The van der Waals surface area contributed by atoms with E-state index >= 15 is 0 Å². The lowest BCUT2D eigenvalue weighted by atomic mass is 10.1. The van der Waals surface area contributed by atoms with Gasteiger partial charge in [0, 0.05) is 24.7 Å². The fourth-order valence-corrected chi connectivity index (χ4v) is 2.20. The van der Waals surface area contributed by atoms with Gasteiger partial charge in [0.05, 0.1) is 7.11 Å². The molecule has 98 valence electrons. The van der Waals surface area contributed by atoms with E-state index in [2.05, 4.69) is 0 Å². The minimum atomic E-state index is -0.0943. The zero-order valence-corrected chi connectivity index (χ0v) is 10.4. The Morgan fingerprint density at radius 1 is 1.56 bits per heavy atom. The molecule has 0 saturated carbocycles. The molecule has 1 saturated heterocycles. The van der Waals surface area contributed by atoms with Crippen LogP contribution in [0.2, 0.25) is 0 Å². The second-order valence-corrected chi connectivity index (χ2v) is 4.54. The van der Waals surface area contributed by atoms with Crippen LogP contribution in [0, 0.1) is 0 Å². The fourth-order valence-electron chi connectivity index (χ4n) is 2.20. The van der Waals surface area contributed by atoms with Crippen LogP contribution in [0.25, 0.3) is 0 Å². The first-order valence-corrected chi connectivity index (χ1v) is 6.03. The number of rotatable bonds is 2. The van der Waals surface area contributed by atoms with Crippen molar-refractivity contribution in [1.29, 1.82) is 0 Å². The Balaban J connectivity index is 2.15. The number of hydrogen-bond acceptors (Lipinski definition) is 4. The molecule has 1 aromatic rings. The van der Waals surface area contributed by atoms with Crippen molar-refractivity contribution in [1.82, 2.24) is 4.90 Å². The summed E-state index contributed by atoms with van der Waals surface area (Å²) in [5.74, 6) is 0.245. The van der Waals surface area contributed by atoms with Crippen LogP contribution >= 0.6 is 0 Å². The number of methoxy groups -OCH3 is 1. The van der Waals surface area contributed by atoms with Crippen molar-refractivity contribution in [3.8, 4) is 11.5 Å². The standard InChI is InChI=1S/C13H18N2O3/c1-18-12-5-4-9(7-11(12)16)13(17)15-6-2-3-10(14)8-15/h4-5,7,10,16H,2-3,6,8,14H2,1H3/t10-/m1/s1. The monoisotopic (exact) mass is 250 g/mol. The maximum Gasteiger partial charge on any atom is 0.254 e. The highest BCUT2D eigenvalue weighted by atomic mass is 16.5. The van der Waals surface area contributed by atoms with Crippen molar-refractivity contribution in [2.24, 2.45) is 5.73 Å². The van der Waals surface area contributed by atoms with Gasteiger partial charge in [-0.1, -0.05) is 0 Å². The third kappa shape index (κ3) is 2.56. The van der Waals surface area contributed by atoms with Gasteiger partial charge in [0.15, 0.2) is 11.5 Å². The van der Waals surface area contributed by atoms with Gasteiger partial charge in [-0.05, 0) is 31.0 Å². The first-order valence-electron chi connectivity index (χ1n) is 6.03. The van der Waals surface area contributed by atoms with E-state index in [-0.39, 0.29) is 17.7 Å². The molecular weight excluding hydrogens is 232 g/mol. The van der Waals surface area contributed by atoms with Crippen LogP contribution in [0.15, 0.2) is 18.2 Å². The number of amides is 1. The Kier molecular flexibility index (Phi) is 3.72. The average molecular weight is 250 g/mol. The van der Waals surface area contributed by atoms with E-state index in [0.717, 1.165) is 19.4 Å². The molecule has 2 rings (SSSR count). The number of nitrogens with two attached hydrogens (primary N) is 1. The lowest BCUT2D eigenvalue weighted by molar-refractivity contribution is 0.0708. The molecule has 3 N–H and O–H groups in total. The van der Waals surface area contributed by atoms with Crippen molar-refractivity contribution in [3.63, 3.8) is 0 Å². The maximum atomic E-state index is 12.2. The van der Waals surface area contributed by atoms with Gasteiger partial charge < -0.3 is 20.5 Å². The van der Waals surface area contributed by atoms with E-state index in [1.54, 1.807) is 17.0 Å². The fraction of sp³-hybridized carbons (Fsp3) is 0.462. The summed E-state index contributed by atoms with van der Waals surface area (Å²) in [4.78, 5) is 13.9. The van der Waals surface area contributed by atoms with Gasteiger partial charge in [0.25, 0.3) is 5.91 Å². The van der Waals surface area contributed by atoms with Crippen LogP contribution in [-0.2, 0) is 0 Å². The van der Waals surface area contributed by atoms with E-state index in [1.165, 1.54) is 13.2 Å². The summed E-state index contributed by atoms with van der Waals surface area (Å²) in [7, 11) is 1.47. The zero-order valence-electron chi connectivity index (χ0n) is 10.4. The minimum absolute atomic E-state index is 0.0235. The highest BCUT2D eigenvalue weighted by molar-refractivity contribution is 5.95. The number of carbonyl (C=O) groups excluding carboxylic acids is 1. The predicted octanol–water partition coefficient (Wildman–Crippen LogP) is 0.964. The number of aromatic hydroxyl groups is 1. The highest BCUT2D eigenvalue weighted by Crippen LogP contribution is 2.27. The molecule has 1 aromatic carbocycles. The molecule has 5 heteroatoms. The third-order valence-corrected chi connectivity index (χ3v) is 3.17. The van der Waals surface area contributed by atoms with Crippen molar-refractivity contribution in [2.75, 3.05) is 20.2 Å². The third-order valence-electron chi connectivity index (χ3n) is 3.17. The zero-order chi connectivity index (χ0) is 13.1. The lowest BCUT2D eigenvalue weighted by Gasteiger charge is -2.30. The van der Waals surface area contributed by atoms with Crippen LogP contribution in [0.4, 0.5) is 0 Å². The molecule has 0 aliphatic carbocycles. The Morgan fingerprint density at radius 2 is 2.33 bits per heavy atom. The molecule has 18 heavy (non-hydrogen) atoms. The number of hydrogen-bond donors (Lipinski definition) is 2. The quantitative estimate of drug-likeness (QED) is 0.820. The van der Waals surface area contributed by atoms with E-state index in [9.17, 15) is 9.90 Å². The summed E-state index contributed by atoms with van der Waals surface area (Å²) < 4.78 is 4.95. The van der Waals surface area contributed by atoms with Crippen LogP contribution < -0.4 is 10.5 Å². The van der Waals surface area contributed by atoms with Gasteiger partial charge in [-0.15, -0.1) is 0 Å². The molecule has 5 nitrogen and oxygen atoms in total. The second kappa shape index (κ2) is 5.27. The molecule has 0 aromatic heterocycles. The molecule has 1 heterocycles. The van der Waals surface area contributed by atoms with Gasteiger partial charge in [-0.25, -0.2) is 0 Å². The van der Waals surface area contributed by atoms with Crippen molar-refractivity contribution < 1.29 is 14.6 Å². The van der Waals surface area contributed by atoms with Crippen molar-refractivity contribution in [3.05, 3.63) is 23.8 Å². The number of phenolic OH excluding ortho intramolecular Hbond substituents is 1. The smallest absolute Gasteiger partial charge is 0.254 e. The number of nitrogens with zero attached hydrogens (tertiary/aromatic N) is 1. The molecule has 1 amide bonds. The number of carbonyl (C=O) groups is 1. The SMILES string of the molecule is COc1ccc(C(=O)N2CCC[C@@H](N)C2)cc1O. The first-order chi connectivity index (χ1) is 8.61. The van der Waals surface area contributed by atoms with E-state index in [4.69, 9.17) is 10.5 Å². The summed E-state index contributed by atoms with van der Waals surface area (Å²) in [6.07, 6.45) is 1.88. The lowest BCUT2D eigenvalue weighted by Crippen LogP contribution is -2.45. The van der Waals surface area contributed by atoms with E-state index < -0.39 is 0 Å². The summed E-state index contributed by atoms with van der Waals surface area (Å²) in [6.45, 7) is 1.30. The first kappa shape index (κ1) is 12.7. The predicted molar refractivity (Wildman–Crippen MR) is 67.8 cm³/mol. The number of likely N-dealkylation sites (tertiary alicyclic amines) is 1. The maximum absolute atomic E-state index is 12.2. The molecule has 1 fully saturated rings. The Morgan fingerprint density at radius 3 is 2.94 bits per heavy atom. The molecule has 1 aliphatic heterocycles. The van der Waals surface area contributed by atoms with Crippen LogP contribution in [-0.4, -0.2) is 42.2 Å². The van der Waals surface area contributed by atoms with Gasteiger partial charge in [-0.3, -0.25) is 4.79 Å². The molecule has 0 spiro atoms. The molecule has 1 atom stereocenters. The van der Waals surface area contributed by atoms with Crippen molar-refractivity contribution >= 4 is 5.91 Å². The van der Waals surface area contributed by atoms with Crippen LogP contribution in [0.5, 0.6) is 11.5 Å². The summed E-state index contributed by atoms with van der Waals surface area (Å²) in [6, 6.07) is 4.73. The van der Waals surface area contributed by atoms with Crippen molar-refractivity contribution in [2.45, 2.75) is 18.9 Å². The van der Waals surface area contributed by atoms with E-state index in [0.29, 0.717) is 17.9 Å². The normalized spacial score (nSPS) is 19.7. The van der Waals surface area contributed by atoms with Crippen LogP contribution in [0.1, 0.15) is 23.2 Å². The molecule has 0 bridgehead atoms. The molecule has 0 unspecified atom stereocenters. The highest BCUT2D eigenvalue weighted by Gasteiger charge is 2.22. The Bertz CT molecular complexity index is 448. The topological polar surface area (TPSA) is 75.8 Å². The summed E-state index contributed by atoms with van der Waals surface area (Å²) in [5.41, 5.74) is 6.31. The number of phenols is 1. The largest absolute Gasteiger partial charge is 0.504 e. The average Bonchev–Trinajstić information content (AvgIpc) is 2.37. The summed E-state index contributed by atoms with van der Waals surface area (Å²) >= 11 is 0. The van der Waals surface area contributed by atoms with Gasteiger partial charge in [0.1, 0.15) is 0 Å². The molecular formula is C13H18N2O3. The Labute approximate surface area is 106 Å².